The van der Waals surface area contributed by atoms with Crippen LogP contribution in [0.2, 0.25) is 0 Å². The SMILES string of the molecule is COc1cc(C(=O)O)cc(F)c1C=O. The van der Waals surface area contributed by atoms with Gasteiger partial charge in [0, 0.05) is 0 Å². The number of rotatable bonds is 3. The van der Waals surface area contributed by atoms with Gasteiger partial charge in [0.25, 0.3) is 0 Å². The minimum Gasteiger partial charge on any atom is -0.496 e. The Balaban J connectivity index is 3.38. The molecule has 0 radical (unpaired) electrons. The first-order chi connectivity index (χ1) is 6.60. The van der Waals surface area contributed by atoms with Gasteiger partial charge in [-0.2, -0.15) is 0 Å². The van der Waals surface area contributed by atoms with E-state index in [1.807, 2.05) is 0 Å². The Kier molecular flexibility index (Phi) is 2.81. The molecule has 4 nitrogen and oxygen atoms in total. The molecule has 74 valence electrons. The monoisotopic (exact) mass is 198 g/mol. The van der Waals surface area contributed by atoms with Crippen LogP contribution >= 0.6 is 0 Å². The fourth-order valence-electron chi connectivity index (χ4n) is 0.999. The maximum Gasteiger partial charge on any atom is 0.335 e. The Hall–Kier alpha value is -1.91. The normalized spacial score (nSPS) is 9.57. The fraction of sp³-hybridized carbons (Fsp3) is 0.111. The van der Waals surface area contributed by atoms with E-state index in [9.17, 15) is 14.0 Å². The molecular formula is C9H7FO4. The highest BCUT2D eigenvalue weighted by atomic mass is 19.1. The summed E-state index contributed by atoms with van der Waals surface area (Å²) in [5, 5.41) is 8.58. The number of carbonyl (C=O) groups is 2. The first kappa shape index (κ1) is 10.2. The molecule has 1 rings (SSSR count). The van der Waals surface area contributed by atoms with Crippen molar-refractivity contribution < 1.29 is 23.8 Å². The summed E-state index contributed by atoms with van der Waals surface area (Å²) >= 11 is 0. The van der Waals surface area contributed by atoms with Crippen LogP contribution < -0.4 is 4.74 Å². The number of carbonyl (C=O) groups excluding carboxylic acids is 1. The van der Waals surface area contributed by atoms with Crippen molar-refractivity contribution in [3.63, 3.8) is 0 Å². The fourth-order valence-corrected chi connectivity index (χ4v) is 0.999. The van der Waals surface area contributed by atoms with E-state index in [1.54, 1.807) is 0 Å². The van der Waals surface area contributed by atoms with Gasteiger partial charge in [0.05, 0.1) is 18.2 Å². The zero-order valence-electron chi connectivity index (χ0n) is 7.28. The molecule has 0 aromatic heterocycles. The molecule has 0 aliphatic carbocycles. The number of carboxylic acids is 1. The number of hydrogen-bond donors (Lipinski definition) is 1. The van der Waals surface area contributed by atoms with Crippen molar-refractivity contribution in [3.05, 3.63) is 29.1 Å². The summed E-state index contributed by atoms with van der Waals surface area (Å²) in [6.07, 6.45) is 0.278. The highest BCUT2D eigenvalue weighted by Gasteiger charge is 2.14. The van der Waals surface area contributed by atoms with Gasteiger partial charge in [-0.15, -0.1) is 0 Å². The second-order valence-corrected chi connectivity index (χ2v) is 2.50. The molecule has 1 aromatic carbocycles. The van der Waals surface area contributed by atoms with Gasteiger partial charge in [-0.05, 0) is 12.1 Å². The van der Waals surface area contributed by atoms with Crippen LogP contribution in [0.15, 0.2) is 12.1 Å². The molecule has 0 aliphatic rings. The molecule has 1 aromatic rings. The first-order valence-electron chi connectivity index (χ1n) is 3.66. The molecule has 5 heteroatoms. The zero-order valence-corrected chi connectivity index (χ0v) is 7.28. The number of aromatic carboxylic acids is 1. The molecule has 0 fully saturated rings. The van der Waals surface area contributed by atoms with Gasteiger partial charge in [0.15, 0.2) is 6.29 Å². The molecule has 0 saturated carbocycles. The van der Waals surface area contributed by atoms with Crippen molar-refractivity contribution in [3.8, 4) is 5.75 Å². The van der Waals surface area contributed by atoms with Crippen LogP contribution in [-0.4, -0.2) is 24.5 Å². The smallest absolute Gasteiger partial charge is 0.335 e. The van der Waals surface area contributed by atoms with Gasteiger partial charge in [0.1, 0.15) is 11.6 Å². The molecule has 0 bridgehead atoms. The zero-order chi connectivity index (χ0) is 10.7. The molecule has 0 atom stereocenters. The Labute approximate surface area is 78.9 Å². The number of ether oxygens (including phenoxy) is 1. The van der Waals surface area contributed by atoms with Crippen LogP contribution in [0.3, 0.4) is 0 Å². The third-order valence-corrected chi connectivity index (χ3v) is 1.68. The summed E-state index contributed by atoms with van der Waals surface area (Å²) < 4.78 is 17.8. The topological polar surface area (TPSA) is 63.6 Å². The molecule has 14 heavy (non-hydrogen) atoms. The Morgan fingerprint density at radius 2 is 2.21 bits per heavy atom. The first-order valence-corrected chi connectivity index (χ1v) is 3.66. The summed E-state index contributed by atoms with van der Waals surface area (Å²) in [6.45, 7) is 0. The maximum absolute atomic E-state index is 13.1. The molecule has 0 spiro atoms. The van der Waals surface area contributed by atoms with Gasteiger partial charge in [0.2, 0.25) is 0 Å². The highest BCUT2D eigenvalue weighted by Crippen LogP contribution is 2.21. The lowest BCUT2D eigenvalue weighted by molar-refractivity contribution is 0.0695. The quantitative estimate of drug-likeness (QED) is 0.744. The van der Waals surface area contributed by atoms with E-state index in [2.05, 4.69) is 4.74 Å². The van der Waals surface area contributed by atoms with E-state index >= 15 is 0 Å². The van der Waals surface area contributed by atoms with Gasteiger partial charge in [-0.1, -0.05) is 0 Å². The number of benzene rings is 1. The van der Waals surface area contributed by atoms with Gasteiger partial charge in [-0.3, -0.25) is 4.79 Å². The molecule has 0 unspecified atom stereocenters. The molecule has 0 saturated heterocycles. The third kappa shape index (κ3) is 1.71. The van der Waals surface area contributed by atoms with Crippen LogP contribution in [0, 0.1) is 5.82 Å². The minimum absolute atomic E-state index is 0.0857. The van der Waals surface area contributed by atoms with E-state index < -0.39 is 11.8 Å². The number of carboxylic acid groups (broad SMARTS) is 1. The van der Waals surface area contributed by atoms with Crippen molar-refractivity contribution >= 4 is 12.3 Å². The largest absolute Gasteiger partial charge is 0.496 e. The second kappa shape index (κ2) is 3.87. The van der Waals surface area contributed by atoms with E-state index in [4.69, 9.17) is 5.11 Å². The summed E-state index contributed by atoms with van der Waals surface area (Å²) in [5.74, 6) is -2.27. The van der Waals surface area contributed by atoms with Gasteiger partial charge in [-0.25, -0.2) is 9.18 Å². The maximum atomic E-state index is 13.1. The number of methoxy groups -OCH3 is 1. The van der Waals surface area contributed by atoms with Crippen molar-refractivity contribution in [2.24, 2.45) is 0 Å². The van der Waals surface area contributed by atoms with Crippen LogP contribution in [0.1, 0.15) is 20.7 Å². The van der Waals surface area contributed by atoms with E-state index in [-0.39, 0.29) is 23.2 Å². The van der Waals surface area contributed by atoms with Crippen LogP contribution in [0.5, 0.6) is 5.75 Å². The van der Waals surface area contributed by atoms with Crippen molar-refractivity contribution in [1.82, 2.24) is 0 Å². The lowest BCUT2D eigenvalue weighted by Gasteiger charge is -2.05. The summed E-state index contributed by atoms with van der Waals surface area (Å²) in [7, 11) is 1.23. The molecular weight excluding hydrogens is 191 g/mol. The molecule has 0 heterocycles. The van der Waals surface area contributed by atoms with Crippen LogP contribution in [0.25, 0.3) is 0 Å². The second-order valence-electron chi connectivity index (χ2n) is 2.50. The summed E-state index contributed by atoms with van der Waals surface area (Å²) in [6, 6.07) is 1.86. The predicted molar refractivity (Wildman–Crippen MR) is 45.3 cm³/mol. The summed E-state index contributed by atoms with van der Waals surface area (Å²) in [4.78, 5) is 20.9. The minimum atomic E-state index is -1.28. The number of hydrogen-bond acceptors (Lipinski definition) is 3. The van der Waals surface area contributed by atoms with Crippen molar-refractivity contribution in [2.75, 3.05) is 7.11 Å². The van der Waals surface area contributed by atoms with E-state index in [1.165, 1.54) is 7.11 Å². The Bertz CT molecular complexity index is 387. The van der Waals surface area contributed by atoms with Crippen molar-refractivity contribution in [2.45, 2.75) is 0 Å². The molecule has 0 amide bonds. The van der Waals surface area contributed by atoms with E-state index in [0.717, 1.165) is 12.1 Å². The lowest BCUT2D eigenvalue weighted by atomic mass is 10.1. The average Bonchev–Trinajstić information content (AvgIpc) is 2.16. The average molecular weight is 198 g/mol. The number of aldehydes is 1. The van der Waals surface area contributed by atoms with Crippen LogP contribution in [0.4, 0.5) is 4.39 Å². The molecule has 0 aliphatic heterocycles. The van der Waals surface area contributed by atoms with Gasteiger partial charge >= 0.3 is 5.97 Å². The highest BCUT2D eigenvalue weighted by molar-refractivity contribution is 5.90. The Morgan fingerprint density at radius 1 is 1.57 bits per heavy atom. The van der Waals surface area contributed by atoms with E-state index in [0.29, 0.717) is 0 Å². The van der Waals surface area contributed by atoms with Crippen molar-refractivity contribution in [1.29, 1.82) is 0 Å². The van der Waals surface area contributed by atoms with Gasteiger partial charge < -0.3 is 9.84 Å². The molecule has 1 N–H and O–H groups in total. The Morgan fingerprint density at radius 3 is 2.64 bits per heavy atom. The lowest BCUT2D eigenvalue weighted by Crippen LogP contribution is -2.02. The number of halogens is 1. The van der Waals surface area contributed by atoms with Crippen LogP contribution in [-0.2, 0) is 0 Å². The predicted octanol–water partition coefficient (Wildman–Crippen LogP) is 1.34. The third-order valence-electron chi connectivity index (χ3n) is 1.68. The standard InChI is InChI=1S/C9H7FO4/c1-14-8-3-5(9(12)13)2-7(10)6(8)4-11/h2-4H,1H3,(H,12,13). The summed E-state index contributed by atoms with van der Waals surface area (Å²) in [5.41, 5.74) is -0.539.